The fourth-order valence-corrected chi connectivity index (χ4v) is 3.70. The van der Waals surface area contributed by atoms with Crippen molar-refractivity contribution < 1.29 is 14.3 Å². The maximum atomic E-state index is 12.3. The van der Waals surface area contributed by atoms with Gasteiger partial charge in [0.05, 0.1) is 5.69 Å². The zero-order valence-electron chi connectivity index (χ0n) is 18.9. The molecule has 0 saturated heterocycles. The van der Waals surface area contributed by atoms with Crippen LogP contribution in [0.15, 0.2) is 78.9 Å². The zero-order chi connectivity index (χ0) is 22.8. The third-order valence-corrected chi connectivity index (χ3v) is 5.17. The molecule has 0 saturated carbocycles. The lowest BCUT2D eigenvalue weighted by Gasteiger charge is -2.45. The first kappa shape index (κ1) is 21.7. The van der Waals surface area contributed by atoms with Crippen molar-refractivity contribution in [2.45, 2.75) is 45.4 Å². The number of hydrazine groups is 1. The first-order chi connectivity index (χ1) is 15.3. The minimum absolute atomic E-state index is 0.499. The molecule has 0 fully saturated rings. The molecule has 0 radical (unpaired) electrons. The minimum atomic E-state index is -0.732. The van der Waals surface area contributed by atoms with E-state index in [2.05, 4.69) is 29.8 Å². The number of fused-ring (bicyclic) bond motifs is 1. The van der Waals surface area contributed by atoms with Crippen molar-refractivity contribution in [2.75, 3.05) is 10.3 Å². The predicted octanol–water partition coefficient (Wildman–Crippen LogP) is 6.33. The predicted molar refractivity (Wildman–Crippen MR) is 127 cm³/mol. The Morgan fingerprint density at radius 3 is 2.31 bits per heavy atom. The third kappa shape index (κ3) is 4.55. The minimum Gasteiger partial charge on any atom is -0.465 e. The summed E-state index contributed by atoms with van der Waals surface area (Å²) in [6.45, 7) is 7.60. The van der Waals surface area contributed by atoms with Crippen LogP contribution in [0.4, 0.5) is 21.9 Å². The molecule has 0 spiro atoms. The van der Waals surface area contributed by atoms with E-state index in [1.54, 1.807) is 0 Å². The Labute approximate surface area is 189 Å². The molecule has 3 aromatic rings. The van der Waals surface area contributed by atoms with Gasteiger partial charge in [-0.1, -0.05) is 55.5 Å². The molecule has 1 aliphatic rings. The second kappa shape index (κ2) is 8.55. The SMILES string of the molecule is CCC1(c2ccccc2)NN(c2ccccc2)c2cc(NC(=O)OC(C)(C)C)ccc2O1. The molecule has 1 aliphatic heterocycles. The van der Waals surface area contributed by atoms with E-state index < -0.39 is 17.4 Å². The Hall–Kier alpha value is -3.51. The van der Waals surface area contributed by atoms with Gasteiger partial charge in [0.1, 0.15) is 17.0 Å². The summed E-state index contributed by atoms with van der Waals surface area (Å²) in [6, 6.07) is 25.7. The largest absolute Gasteiger partial charge is 0.465 e. The molecule has 4 rings (SSSR count). The lowest BCUT2D eigenvalue weighted by atomic mass is 9.99. The Balaban J connectivity index is 1.74. The lowest BCUT2D eigenvalue weighted by molar-refractivity contribution is 0.0140. The number of ether oxygens (including phenoxy) is 2. The first-order valence-corrected chi connectivity index (χ1v) is 10.8. The van der Waals surface area contributed by atoms with Crippen molar-refractivity contribution in [1.29, 1.82) is 0 Å². The monoisotopic (exact) mass is 431 g/mol. The van der Waals surface area contributed by atoms with E-state index in [-0.39, 0.29) is 0 Å². The number of carbonyl (C=O) groups excluding carboxylic acids is 1. The molecule has 1 heterocycles. The van der Waals surface area contributed by atoms with Gasteiger partial charge in [-0.05, 0) is 51.1 Å². The van der Waals surface area contributed by atoms with Gasteiger partial charge >= 0.3 is 6.09 Å². The van der Waals surface area contributed by atoms with Crippen LogP contribution in [-0.2, 0) is 10.5 Å². The van der Waals surface area contributed by atoms with E-state index in [0.717, 1.165) is 16.9 Å². The number of nitrogens with zero attached hydrogens (tertiary/aromatic N) is 1. The Kier molecular flexibility index (Phi) is 5.80. The number of nitrogens with one attached hydrogen (secondary N) is 2. The normalized spacial score (nSPS) is 17.8. The number of hydrogen-bond donors (Lipinski definition) is 2. The number of hydrogen-bond acceptors (Lipinski definition) is 5. The topological polar surface area (TPSA) is 62.8 Å². The molecule has 0 aromatic heterocycles. The number of para-hydroxylation sites is 1. The van der Waals surface area contributed by atoms with Gasteiger partial charge in [-0.3, -0.25) is 10.3 Å². The summed E-state index contributed by atoms with van der Waals surface area (Å²) in [4.78, 5) is 12.3. The quantitative estimate of drug-likeness (QED) is 0.505. The van der Waals surface area contributed by atoms with Crippen LogP contribution in [0, 0.1) is 0 Å². The molecule has 0 bridgehead atoms. The summed E-state index contributed by atoms with van der Waals surface area (Å²) in [5.74, 6) is 0.716. The van der Waals surface area contributed by atoms with Crippen molar-refractivity contribution >= 4 is 23.2 Å². The van der Waals surface area contributed by atoms with Crippen LogP contribution >= 0.6 is 0 Å². The van der Waals surface area contributed by atoms with Gasteiger partial charge in [-0.15, -0.1) is 0 Å². The van der Waals surface area contributed by atoms with Gasteiger partial charge in [0.25, 0.3) is 0 Å². The summed E-state index contributed by atoms with van der Waals surface area (Å²) in [6.07, 6.45) is 0.207. The molecule has 3 aromatic carbocycles. The maximum absolute atomic E-state index is 12.3. The molecule has 6 heteroatoms. The average molecular weight is 432 g/mol. The van der Waals surface area contributed by atoms with Gasteiger partial charge in [0.15, 0.2) is 0 Å². The van der Waals surface area contributed by atoms with Crippen molar-refractivity contribution in [1.82, 2.24) is 5.43 Å². The van der Waals surface area contributed by atoms with Crippen LogP contribution in [0.5, 0.6) is 5.75 Å². The highest BCUT2D eigenvalue weighted by atomic mass is 16.6. The molecule has 0 aliphatic carbocycles. The maximum Gasteiger partial charge on any atom is 0.412 e. The first-order valence-electron chi connectivity index (χ1n) is 10.8. The lowest BCUT2D eigenvalue weighted by Crippen LogP contribution is -2.57. The molecule has 1 unspecified atom stereocenters. The standard InChI is InChI=1S/C26H29N3O3/c1-5-26(19-12-8-6-9-13-19)28-29(21-14-10-7-11-15-21)22-18-20(16-17-23(22)31-26)27-24(30)32-25(2,3)4/h6-18,28H,5H2,1-4H3,(H,27,30). The van der Waals surface area contributed by atoms with E-state index in [4.69, 9.17) is 9.47 Å². The molecule has 166 valence electrons. The summed E-state index contributed by atoms with van der Waals surface area (Å²) < 4.78 is 11.9. The number of rotatable bonds is 4. The van der Waals surface area contributed by atoms with E-state index in [1.807, 2.05) is 92.5 Å². The number of carbonyl (C=O) groups is 1. The molecular weight excluding hydrogens is 402 g/mol. The van der Waals surface area contributed by atoms with Gasteiger partial charge in [0.2, 0.25) is 5.72 Å². The van der Waals surface area contributed by atoms with Gasteiger partial charge in [-0.2, -0.15) is 5.43 Å². The third-order valence-electron chi connectivity index (χ3n) is 5.17. The van der Waals surface area contributed by atoms with Crippen molar-refractivity contribution in [3.63, 3.8) is 0 Å². The molecule has 1 amide bonds. The fourth-order valence-electron chi connectivity index (χ4n) is 3.70. The van der Waals surface area contributed by atoms with E-state index >= 15 is 0 Å². The molecule has 1 atom stereocenters. The Morgan fingerprint density at radius 2 is 1.69 bits per heavy atom. The van der Waals surface area contributed by atoms with Crippen LogP contribution < -0.4 is 20.5 Å². The fraction of sp³-hybridized carbons (Fsp3) is 0.269. The molecular formula is C26H29N3O3. The Bertz CT molecular complexity index is 1080. The highest BCUT2D eigenvalue weighted by Crippen LogP contribution is 2.44. The van der Waals surface area contributed by atoms with Gasteiger partial charge in [0, 0.05) is 17.7 Å². The van der Waals surface area contributed by atoms with Crippen LogP contribution in [0.2, 0.25) is 0 Å². The van der Waals surface area contributed by atoms with Gasteiger partial charge < -0.3 is 9.47 Å². The van der Waals surface area contributed by atoms with Crippen LogP contribution in [0.25, 0.3) is 0 Å². The molecule has 6 nitrogen and oxygen atoms in total. The highest BCUT2D eigenvalue weighted by molar-refractivity contribution is 5.87. The number of benzene rings is 3. The Morgan fingerprint density at radius 1 is 1.03 bits per heavy atom. The van der Waals surface area contributed by atoms with Crippen LogP contribution in [0.1, 0.15) is 39.7 Å². The number of anilines is 3. The molecule has 2 N–H and O–H groups in total. The number of amides is 1. The molecule has 32 heavy (non-hydrogen) atoms. The highest BCUT2D eigenvalue weighted by Gasteiger charge is 2.40. The van der Waals surface area contributed by atoms with Crippen LogP contribution in [0.3, 0.4) is 0 Å². The zero-order valence-corrected chi connectivity index (χ0v) is 18.9. The summed E-state index contributed by atoms with van der Waals surface area (Å²) in [7, 11) is 0. The summed E-state index contributed by atoms with van der Waals surface area (Å²) in [5.41, 5.74) is 5.69. The van der Waals surface area contributed by atoms with Crippen molar-refractivity contribution in [3.05, 3.63) is 84.4 Å². The summed E-state index contributed by atoms with van der Waals surface area (Å²) >= 11 is 0. The van der Waals surface area contributed by atoms with Gasteiger partial charge in [-0.25, -0.2) is 4.79 Å². The smallest absolute Gasteiger partial charge is 0.412 e. The second-order valence-corrected chi connectivity index (χ2v) is 8.74. The van der Waals surface area contributed by atoms with E-state index in [0.29, 0.717) is 17.9 Å². The van der Waals surface area contributed by atoms with Crippen molar-refractivity contribution in [2.24, 2.45) is 0 Å². The summed E-state index contributed by atoms with van der Waals surface area (Å²) in [5, 5.41) is 4.83. The average Bonchev–Trinajstić information content (AvgIpc) is 2.78. The van der Waals surface area contributed by atoms with E-state index in [9.17, 15) is 4.79 Å². The van der Waals surface area contributed by atoms with Crippen molar-refractivity contribution in [3.8, 4) is 5.75 Å². The second-order valence-electron chi connectivity index (χ2n) is 8.74. The van der Waals surface area contributed by atoms with Crippen LogP contribution in [-0.4, -0.2) is 11.7 Å². The van der Waals surface area contributed by atoms with E-state index in [1.165, 1.54) is 0 Å².